The van der Waals surface area contributed by atoms with Crippen molar-refractivity contribution in [1.82, 2.24) is 10.3 Å². The Morgan fingerprint density at radius 2 is 1.88 bits per heavy atom. The van der Waals surface area contributed by atoms with Crippen LogP contribution in [0.15, 0.2) is 24.4 Å². The summed E-state index contributed by atoms with van der Waals surface area (Å²) in [6.45, 7) is 4.10. The fraction of sp³-hybridized carbons (Fsp3) is 0.583. The molecule has 4 nitrogen and oxygen atoms in total. The molecule has 0 bridgehead atoms. The van der Waals surface area contributed by atoms with E-state index in [2.05, 4.69) is 17.2 Å². The predicted octanol–water partition coefficient (Wildman–Crippen LogP) is 1.74. The molecule has 4 heteroatoms. The van der Waals surface area contributed by atoms with Crippen molar-refractivity contribution in [2.45, 2.75) is 32.2 Å². The molecule has 0 aliphatic rings. The van der Waals surface area contributed by atoms with E-state index in [0.29, 0.717) is 0 Å². The molecule has 1 rings (SSSR count). The summed E-state index contributed by atoms with van der Waals surface area (Å²) in [6.07, 6.45) is 1.55. The molecule has 1 heterocycles. The van der Waals surface area contributed by atoms with E-state index in [4.69, 9.17) is 9.47 Å². The lowest BCUT2D eigenvalue weighted by molar-refractivity contribution is -0.120. The van der Waals surface area contributed by atoms with Crippen LogP contribution in [0.25, 0.3) is 0 Å². The maximum Gasteiger partial charge on any atom is 0.171 e. The summed E-state index contributed by atoms with van der Waals surface area (Å²) < 4.78 is 10.4. The molecular formula is C12H20N2O2. The van der Waals surface area contributed by atoms with E-state index >= 15 is 0 Å². The second kappa shape index (κ2) is 6.58. The zero-order chi connectivity index (χ0) is 12.0. The molecule has 16 heavy (non-hydrogen) atoms. The van der Waals surface area contributed by atoms with E-state index in [9.17, 15) is 0 Å². The van der Waals surface area contributed by atoms with Gasteiger partial charge in [-0.1, -0.05) is 6.07 Å². The molecule has 1 aromatic heterocycles. The van der Waals surface area contributed by atoms with E-state index in [1.165, 1.54) is 0 Å². The first-order chi connectivity index (χ1) is 7.69. The molecule has 1 unspecified atom stereocenters. The molecule has 0 spiro atoms. The summed E-state index contributed by atoms with van der Waals surface area (Å²) in [7, 11) is 3.27. The maximum absolute atomic E-state index is 5.19. The van der Waals surface area contributed by atoms with Gasteiger partial charge in [0.2, 0.25) is 0 Å². The van der Waals surface area contributed by atoms with Gasteiger partial charge in [-0.15, -0.1) is 0 Å². The average Bonchev–Trinajstić information content (AvgIpc) is 2.31. The van der Waals surface area contributed by atoms with Gasteiger partial charge in [0.25, 0.3) is 0 Å². The van der Waals surface area contributed by atoms with Gasteiger partial charge in [0.15, 0.2) is 6.29 Å². The molecule has 1 aromatic rings. The third kappa shape index (κ3) is 3.56. The number of methoxy groups -OCH3 is 2. The van der Waals surface area contributed by atoms with Crippen LogP contribution in [-0.4, -0.2) is 31.5 Å². The molecular weight excluding hydrogens is 204 g/mol. The number of pyridine rings is 1. The number of rotatable bonds is 6. The number of nitrogens with one attached hydrogen (secondary N) is 1. The molecule has 0 saturated carbocycles. The Morgan fingerprint density at radius 1 is 1.19 bits per heavy atom. The first-order valence-corrected chi connectivity index (χ1v) is 5.41. The fourth-order valence-electron chi connectivity index (χ4n) is 1.69. The highest BCUT2D eigenvalue weighted by atomic mass is 16.7. The Morgan fingerprint density at radius 3 is 2.38 bits per heavy atom. The van der Waals surface area contributed by atoms with Gasteiger partial charge in [-0.3, -0.25) is 4.98 Å². The maximum atomic E-state index is 5.19. The Bertz CT molecular complexity index is 288. The number of nitrogens with zero attached hydrogens (tertiary/aromatic N) is 1. The van der Waals surface area contributed by atoms with Crippen molar-refractivity contribution in [3.63, 3.8) is 0 Å². The summed E-state index contributed by atoms with van der Waals surface area (Å²) in [5.74, 6) is 0. The molecule has 0 fully saturated rings. The van der Waals surface area contributed by atoms with Gasteiger partial charge in [0.1, 0.15) is 0 Å². The summed E-state index contributed by atoms with van der Waals surface area (Å²) >= 11 is 0. The van der Waals surface area contributed by atoms with Crippen LogP contribution in [0, 0.1) is 0 Å². The second-order valence-corrected chi connectivity index (χ2v) is 3.77. The highest BCUT2D eigenvalue weighted by Gasteiger charge is 2.18. The van der Waals surface area contributed by atoms with Crippen LogP contribution in [0.3, 0.4) is 0 Å². The highest BCUT2D eigenvalue weighted by molar-refractivity contribution is 5.07. The molecule has 0 aliphatic carbocycles. The van der Waals surface area contributed by atoms with Crippen molar-refractivity contribution in [3.8, 4) is 0 Å². The number of ether oxygens (including phenoxy) is 2. The van der Waals surface area contributed by atoms with E-state index in [1.807, 2.05) is 25.1 Å². The van der Waals surface area contributed by atoms with Crippen LogP contribution in [0.2, 0.25) is 0 Å². The monoisotopic (exact) mass is 224 g/mol. The summed E-state index contributed by atoms with van der Waals surface area (Å²) in [6, 6.07) is 6.16. The predicted molar refractivity (Wildman–Crippen MR) is 63.1 cm³/mol. The van der Waals surface area contributed by atoms with E-state index < -0.39 is 0 Å². The zero-order valence-corrected chi connectivity index (χ0v) is 10.3. The Labute approximate surface area is 97.0 Å². The summed E-state index contributed by atoms with van der Waals surface area (Å²) in [5, 5.41) is 3.39. The van der Waals surface area contributed by atoms with Crippen molar-refractivity contribution in [2.75, 3.05) is 14.2 Å². The molecule has 1 N–H and O–H groups in total. The van der Waals surface area contributed by atoms with Crippen molar-refractivity contribution in [3.05, 3.63) is 30.1 Å². The Hall–Kier alpha value is -0.970. The normalized spacial score (nSPS) is 15.1. The van der Waals surface area contributed by atoms with Gasteiger partial charge in [-0.2, -0.15) is 0 Å². The summed E-state index contributed by atoms with van der Waals surface area (Å²) in [5.41, 5.74) is 1.01. The minimum absolute atomic E-state index is 0.104. The van der Waals surface area contributed by atoms with Crippen LogP contribution in [0.4, 0.5) is 0 Å². The quantitative estimate of drug-likeness (QED) is 0.747. The first-order valence-electron chi connectivity index (χ1n) is 5.41. The van der Waals surface area contributed by atoms with Crippen molar-refractivity contribution >= 4 is 0 Å². The number of hydrogen-bond donors (Lipinski definition) is 1. The van der Waals surface area contributed by atoms with Gasteiger partial charge in [0, 0.05) is 26.5 Å². The Kier molecular flexibility index (Phi) is 5.38. The lowest BCUT2D eigenvalue weighted by Gasteiger charge is -2.25. The molecule has 90 valence electrons. The lowest BCUT2D eigenvalue weighted by Crippen LogP contribution is -2.41. The topological polar surface area (TPSA) is 43.4 Å². The van der Waals surface area contributed by atoms with Crippen LogP contribution in [0.5, 0.6) is 0 Å². The van der Waals surface area contributed by atoms with Crippen molar-refractivity contribution in [1.29, 1.82) is 0 Å². The largest absolute Gasteiger partial charge is 0.354 e. The van der Waals surface area contributed by atoms with Gasteiger partial charge in [0.05, 0.1) is 11.7 Å². The number of aromatic nitrogens is 1. The standard InChI is InChI=1S/C12H20N2O2/c1-9(11-7-5-6-8-13-11)14-10(2)12(15-3)16-4/h5-10,12,14H,1-4H3/t9-,10?/m0/s1. The van der Waals surface area contributed by atoms with Crippen molar-refractivity contribution in [2.24, 2.45) is 0 Å². The third-order valence-electron chi connectivity index (χ3n) is 2.52. The number of hydrogen-bond acceptors (Lipinski definition) is 4. The minimum atomic E-state index is -0.244. The lowest BCUT2D eigenvalue weighted by atomic mass is 10.2. The molecule has 0 aliphatic heterocycles. The van der Waals surface area contributed by atoms with Crippen LogP contribution in [0.1, 0.15) is 25.6 Å². The second-order valence-electron chi connectivity index (χ2n) is 3.77. The fourth-order valence-corrected chi connectivity index (χ4v) is 1.69. The van der Waals surface area contributed by atoms with Gasteiger partial charge >= 0.3 is 0 Å². The van der Waals surface area contributed by atoms with Crippen LogP contribution >= 0.6 is 0 Å². The van der Waals surface area contributed by atoms with E-state index in [1.54, 1.807) is 20.4 Å². The van der Waals surface area contributed by atoms with E-state index in [0.717, 1.165) is 5.69 Å². The van der Waals surface area contributed by atoms with Crippen LogP contribution < -0.4 is 5.32 Å². The average molecular weight is 224 g/mol. The molecule has 0 radical (unpaired) electrons. The van der Waals surface area contributed by atoms with Crippen LogP contribution in [-0.2, 0) is 9.47 Å². The minimum Gasteiger partial charge on any atom is -0.354 e. The van der Waals surface area contributed by atoms with Gasteiger partial charge in [-0.05, 0) is 26.0 Å². The highest BCUT2D eigenvalue weighted by Crippen LogP contribution is 2.11. The Balaban J connectivity index is 2.54. The molecule has 0 amide bonds. The molecule has 0 aromatic carbocycles. The smallest absolute Gasteiger partial charge is 0.171 e. The van der Waals surface area contributed by atoms with Crippen molar-refractivity contribution < 1.29 is 9.47 Å². The summed E-state index contributed by atoms with van der Waals surface area (Å²) in [4.78, 5) is 4.30. The van der Waals surface area contributed by atoms with E-state index in [-0.39, 0.29) is 18.4 Å². The zero-order valence-electron chi connectivity index (χ0n) is 10.3. The van der Waals surface area contributed by atoms with Gasteiger partial charge in [-0.25, -0.2) is 0 Å². The third-order valence-corrected chi connectivity index (χ3v) is 2.52. The van der Waals surface area contributed by atoms with Gasteiger partial charge < -0.3 is 14.8 Å². The molecule has 0 saturated heterocycles. The SMILES string of the molecule is COC(OC)C(C)N[C@@H](C)c1ccccn1. The first kappa shape index (κ1) is 13.1. The molecule has 2 atom stereocenters.